The largest absolute Gasteiger partial charge is 0.453 e. The first kappa shape index (κ1) is 14.8. The fourth-order valence-electron chi connectivity index (χ4n) is 3.20. The summed E-state index contributed by atoms with van der Waals surface area (Å²) in [5, 5.41) is 2.43. The van der Waals surface area contributed by atoms with E-state index in [2.05, 4.69) is 50.3 Å². The van der Waals surface area contributed by atoms with Gasteiger partial charge in [-0.05, 0) is 40.3 Å². The molecule has 0 saturated heterocycles. The van der Waals surface area contributed by atoms with E-state index in [1.54, 1.807) is 0 Å². The molecule has 0 N–H and O–H groups in total. The highest BCUT2D eigenvalue weighted by molar-refractivity contribution is 5.99. The average molecular weight is 294 g/mol. The number of carbonyl (C=O) groups excluding carboxylic acids is 1. The van der Waals surface area contributed by atoms with Crippen LogP contribution in [0.2, 0.25) is 0 Å². The molecule has 0 saturated carbocycles. The van der Waals surface area contributed by atoms with Gasteiger partial charge in [0.05, 0.1) is 0 Å². The van der Waals surface area contributed by atoms with Crippen molar-refractivity contribution in [3.8, 4) is 0 Å². The molecule has 2 nitrogen and oxygen atoms in total. The Morgan fingerprint density at radius 2 is 1.91 bits per heavy atom. The Morgan fingerprint density at radius 1 is 1.18 bits per heavy atom. The number of esters is 1. The summed E-state index contributed by atoms with van der Waals surface area (Å²) in [4.78, 5) is 12.0. The predicted octanol–water partition coefficient (Wildman–Crippen LogP) is 5.28. The van der Waals surface area contributed by atoms with E-state index < -0.39 is 0 Å². The van der Waals surface area contributed by atoms with Crippen LogP contribution in [0.1, 0.15) is 50.8 Å². The van der Waals surface area contributed by atoms with E-state index in [9.17, 15) is 4.79 Å². The second-order valence-electron chi connectivity index (χ2n) is 6.19. The number of hydrogen-bond acceptors (Lipinski definition) is 2. The standard InChI is InChI=1S/C20H22O2/c1-4-7-19(21)22-18-12-17(13(2)3)15-10-5-8-14-9-6-11-16(18)20(14)15/h5-6,8-13,18H,4,7H2,1-3H3. The Kier molecular flexibility index (Phi) is 4.02. The fourth-order valence-corrected chi connectivity index (χ4v) is 3.20. The zero-order chi connectivity index (χ0) is 15.7. The summed E-state index contributed by atoms with van der Waals surface area (Å²) in [7, 11) is 0. The third-order valence-electron chi connectivity index (χ3n) is 4.22. The van der Waals surface area contributed by atoms with Crippen molar-refractivity contribution in [3.05, 3.63) is 53.6 Å². The summed E-state index contributed by atoms with van der Waals surface area (Å²) in [6.07, 6.45) is 3.14. The van der Waals surface area contributed by atoms with Crippen molar-refractivity contribution in [3.63, 3.8) is 0 Å². The van der Waals surface area contributed by atoms with Crippen LogP contribution in [-0.4, -0.2) is 5.97 Å². The fraction of sp³-hybridized carbons (Fsp3) is 0.350. The van der Waals surface area contributed by atoms with Crippen LogP contribution in [0.15, 0.2) is 42.5 Å². The van der Waals surface area contributed by atoms with Gasteiger partial charge < -0.3 is 4.74 Å². The van der Waals surface area contributed by atoms with Crippen molar-refractivity contribution in [1.82, 2.24) is 0 Å². The van der Waals surface area contributed by atoms with Gasteiger partial charge in [-0.1, -0.05) is 57.2 Å². The van der Waals surface area contributed by atoms with Gasteiger partial charge in [-0.25, -0.2) is 0 Å². The van der Waals surface area contributed by atoms with Crippen LogP contribution in [-0.2, 0) is 9.53 Å². The summed E-state index contributed by atoms with van der Waals surface area (Å²) in [5.74, 6) is 0.273. The molecule has 0 spiro atoms. The molecule has 0 fully saturated rings. The maximum Gasteiger partial charge on any atom is 0.306 e. The maximum absolute atomic E-state index is 12.0. The first-order valence-corrected chi connectivity index (χ1v) is 8.05. The topological polar surface area (TPSA) is 26.3 Å². The van der Waals surface area contributed by atoms with E-state index in [-0.39, 0.29) is 12.1 Å². The Bertz CT molecular complexity index is 735. The highest BCUT2D eigenvalue weighted by Crippen LogP contribution is 2.41. The predicted molar refractivity (Wildman–Crippen MR) is 90.5 cm³/mol. The Balaban J connectivity index is 2.13. The molecule has 1 aliphatic rings. The molecule has 114 valence electrons. The number of allylic oxidation sites excluding steroid dienone is 1. The number of carbonyl (C=O) groups is 1. The molecular weight excluding hydrogens is 272 g/mol. The van der Waals surface area contributed by atoms with Crippen LogP contribution < -0.4 is 0 Å². The highest BCUT2D eigenvalue weighted by atomic mass is 16.5. The molecule has 2 aromatic carbocycles. The van der Waals surface area contributed by atoms with Crippen molar-refractivity contribution in [2.75, 3.05) is 0 Å². The summed E-state index contributed by atoms with van der Waals surface area (Å²) < 4.78 is 5.74. The lowest BCUT2D eigenvalue weighted by Gasteiger charge is -2.27. The smallest absolute Gasteiger partial charge is 0.306 e. The van der Waals surface area contributed by atoms with Crippen molar-refractivity contribution in [2.45, 2.75) is 39.7 Å². The first-order chi connectivity index (χ1) is 10.6. The SMILES string of the molecule is CCCC(=O)OC1C=C(C(C)C)c2cccc3cccc1c23. The molecule has 2 heteroatoms. The average Bonchev–Trinajstić information content (AvgIpc) is 2.50. The molecule has 3 rings (SSSR count). The molecule has 0 radical (unpaired) electrons. The third kappa shape index (κ3) is 2.54. The molecule has 0 heterocycles. The Labute approximate surface area is 131 Å². The van der Waals surface area contributed by atoms with Gasteiger partial charge in [0.25, 0.3) is 0 Å². The highest BCUT2D eigenvalue weighted by Gasteiger charge is 2.25. The zero-order valence-electron chi connectivity index (χ0n) is 13.4. The van der Waals surface area contributed by atoms with E-state index in [0.29, 0.717) is 12.3 Å². The molecule has 0 aliphatic heterocycles. The second-order valence-corrected chi connectivity index (χ2v) is 6.19. The molecule has 2 aromatic rings. The van der Waals surface area contributed by atoms with Gasteiger partial charge in [-0.2, -0.15) is 0 Å². The van der Waals surface area contributed by atoms with Crippen LogP contribution in [0.25, 0.3) is 16.3 Å². The van der Waals surface area contributed by atoms with Crippen molar-refractivity contribution in [2.24, 2.45) is 5.92 Å². The van der Waals surface area contributed by atoms with Crippen molar-refractivity contribution >= 4 is 22.3 Å². The molecular formula is C20H22O2. The van der Waals surface area contributed by atoms with Gasteiger partial charge >= 0.3 is 5.97 Å². The number of benzene rings is 2. The van der Waals surface area contributed by atoms with Crippen molar-refractivity contribution in [1.29, 1.82) is 0 Å². The van der Waals surface area contributed by atoms with E-state index in [1.165, 1.54) is 21.9 Å². The summed E-state index contributed by atoms with van der Waals surface area (Å²) in [5.41, 5.74) is 3.63. The van der Waals surface area contributed by atoms with Gasteiger partial charge in [0, 0.05) is 12.0 Å². The van der Waals surface area contributed by atoms with Crippen LogP contribution in [0.3, 0.4) is 0 Å². The molecule has 22 heavy (non-hydrogen) atoms. The van der Waals surface area contributed by atoms with Gasteiger partial charge in [-0.15, -0.1) is 0 Å². The summed E-state index contributed by atoms with van der Waals surface area (Å²) in [6.45, 7) is 6.36. The van der Waals surface area contributed by atoms with Crippen molar-refractivity contribution < 1.29 is 9.53 Å². The second kappa shape index (κ2) is 5.96. The van der Waals surface area contributed by atoms with Crippen LogP contribution in [0, 0.1) is 5.92 Å². The van der Waals surface area contributed by atoms with Gasteiger partial charge in [-0.3, -0.25) is 4.79 Å². The monoisotopic (exact) mass is 294 g/mol. The maximum atomic E-state index is 12.0. The third-order valence-corrected chi connectivity index (χ3v) is 4.22. The summed E-state index contributed by atoms with van der Waals surface area (Å²) >= 11 is 0. The molecule has 1 aliphatic carbocycles. The van der Waals surface area contributed by atoms with Gasteiger partial charge in [0.2, 0.25) is 0 Å². The first-order valence-electron chi connectivity index (χ1n) is 8.05. The van der Waals surface area contributed by atoms with E-state index >= 15 is 0 Å². The number of ether oxygens (including phenoxy) is 1. The van der Waals surface area contributed by atoms with E-state index in [0.717, 1.165) is 12.0 Å². The lowest BCUT2D eigenvalue weighted by Crippen LogP contribution is -2.14. The minimum atomic E-state index is -0.268. The number of rotatable bonds is 4. The minimum absolute atomic E-state index is 0.122. The van der Waals surface area contributed by atoms with Crippen LogP contribution in [0.5, 0.6) is 0 Å². The van der Waals surface area contributed by atoms with Crippen LogP contribution in [0.4, 0.5) is 0 Å². The minimum Gasteiger partial charge on any atom is -0.453 e. The normalized spacial score (nSPS) is 16.7. The Morgan fingerprint density at radius 3 is 2.59 bits per heavy atom. The van der Waals surface area contributed by atoms with Crippen LogP contribution >= 0.6 is 0 Å². The Hall–Kier alpha value is -2.09. The lowest BCUT2D eigenvalue weighted by molar-refractivity contribution is -0.147. The van der Waals surface area contributed by atoms with Gasteiger partial charge in [0.15, 0.2) is 0 Å². The zero-order valence-corrected chi connectivity index (χ0v) is 13.4. The van der Waals surface area contributed by atoms with E-state index in [1.807, 2.05) is 13.0 Å². The molecule has 0 bridgehead atoms. The molecule has 0 amide bonds. The lowest BCUT2D eigenvalue weighted by atomic mass is 9.82. The molecule has 1 unspecified atom stereocenters. The summed E-state index contributed by atoms with van der Waals surface area (Å²) in [6, 6.07) is 12.6. The number of hydrogen-bond donors (Lipinski definition) is 0. The van der Waals surface area contributed by atoms with E-state index in [4.69, 9.17) is 4.74 Å². The molecule has 0 aromatic heterocycles. The van der Waals surface area contributed by atoms with Gasteiger partial charge in [0.1, 0.15) is 6.10 Å². The quantitative estimate of drug-likeness (QED) is 0.717. The molecule has 1 atom stereocenters.